The van der Waals surface area contributed by atoms with Gasteiger partial charge in [-0.3, -0.25) is 14.6 Å². The minimum Gasteiger partial charge on any atom is -0.465 e. The van der Waals surface area contributed by atoms with Crippen LogP contribution < -0.4 is 24.8 Å². The SMILES string of the molecule is Cc1nc2c(c3c1CC(CNCCC1CN(c4cnc5c(n4)N(COCCS(C)(C)C)C(=O)CO5)C(=O)O1)C3)CCN2C. The van der Waals surface area contributed by atoms with E-state index < -0.39 is 16.1 Å². The van der Waals surface area contributed by atoms with Gasteiger partial charge in [-0.25, -0.2) is 29.8 Å². The minimum atomic E-state index is -0.707. The van der Waals surface area contributed by atoms with Crippen LogP contribution >= 0.6 is 10.0 Å². The molecule has 0 aromatic carbocycles. The highest BCUT2D eigenvalue weighted by atomic mass is 32.3. The van der Waals surface area contributed by atoms with Gasteiger partial charge in [0.1, 0.15) is 18.7 Å². The summed E-state index contributed by atoms with van der Waals surface area (Å²) in [4.78, 5) is 44.4. The van der Waals surface area contributed by atoms with Crippen LogP contribution in [0.4, 0.5) is 22.2 Å². The fourth-order valence-corrected chi connectivity index (χ4v) is 6.84. The topological polar surface area (TPSA) is 122 Å². The van der Waals surface area contributed by atoms with Crippen molar-refractivity contribution in [3.8, 4) is 5.88 Å². The Bertz CT molecular complexity index is 1400. The third-order valence-electron chi connectivity index (χ3n) is 8.64. The number of fused-ring (bicyclic) bond motifs is 4. The number of cyclic esters (lactones) is 1. The van der Waals surface area contributed by atoms with Crippen LogP contribution in [0.25, 0.3) is 0 Å². The minimum absolute atomic E-state index is 0.0588. The highest BCUT2D eigenvalue weighted by molar-refractivity contribution is 8.32. The summed E-state index contributed by atoms with van der Waals surface area (Å²) in [5.41, 5.74) is 5.58. The van der Waals surface area contributed by atoms with Crippen molar-refractivity contribution < 1.29 is 23.8 Å². The number of nitrogens with one attached hydrogen (secondary N) is 1. The lowest BCUT2D eigenvalue weighted by Crippen LogP contribution is -2.42. The average Bonchev–Trinajstić information content (AvgIpc) is 3.66. The van der Waals surface area contributed by atoms with E-state index in [1.807, 2.05) is 0 Å². The molecule has 2 aromatic heterocycles. The zero-order valence-electron chi connectivity index (χ0n) is 25.9. The van der Waals surface area contributed by atoms with E-state index >= 15 is 0 Å². The Kier molecular flexibility index (Phi) is 8.40. The Morgan fingerprint density at radius 1 is 1.12 bits per heavy atom. The van der Waals surface area contributed by atoms with Gasteiger partial charge in [-0.1, -0.05) is 0 Å². The van der Waals surface area contributed by atoms with Crippen molar-refractivity contribution in [1.29, 1.82) is 0 Å². The molecule has 12 nitrogen and oxygen atoms in total. The molecule has 5 heterocycles. The third kappa shape index (κ3) is 6.39. The first-order chi connectivity index (χ1) is 20.6. The summed E-state index contributed by atoms with van der Waals surface area (Å²) >= 11 is 0. The fraction of sp³-hybridized carbons (Fsp3) is 0.633. The maximum absolute atomic E-state index is 12.8. The molecule has 6 rings (SSSR count). The van der Waals surface area contributed by atoms with Gasteiger partial charge in [-0.2, -0.15) is 0 Å². The molecular formula is C30H43N7O5S. The van der Waals surface area contributed by atoms with Crippen LogP contribution in [-0.4, -0.2) is 111 Å². The second-order valence-electron chi connectivity index (χ2n) is 12.8. The molecule has 2 amide bonds. The lowest BCUT2D eigenvalue weighted by molar-refractivity contribution is -0.122. The molecular weight excluding hydrogens is 570 g/mol. The number of carbonyl (C=O) groups is 2. The number of ether oxygens (including phenoxy) is 3. The van der Waals surface area contributed by atoms with Gasteiger partial charge in [-0.15, -0.1) is 0 Å². The van der Waals surface area contributed by atoms with Gasteiger partial charge in [0.25, 0.3) is 11.8 Å². The summed E-state index contributed by atoms with van der Waals surface area (Å²) < 4.78 is 17.0. The summed E-state index contributed by atoms with van der Waals surface area (Å²) in [6.07, 6.45) is 11.4. The van der Waals surface area contributed by atoms with Crippen LogP contribution in [0.1, 0.15) is 28.8 Å². The van der Waals surface area contributed by atoms with E-state index in [2.05, 4.69) is 52.9 Å². The molecule has 13 heteroatoms. The molecule has 1 N–H and O–H groups in total. The number of carbonyl (C=O) groups excluding carboxylic acids is 2. The number of hydrogen-bond donors (Lipinski definition) is 1. The quantitative estimate of drug-likeness (QED) is 0.378. The Morgan fingerprint density at radius 2 is 1.93 bits per heavy atom. The molecule has 2 unspecified atom stereocenters. The molecule has 3 aliphatic heterocycles. The predicted molar refractivity (Wildman–Crippen MR) is 168 cm³/mol. The first-order valence-corrected chi connectivity index (χ1v) is 18.0. The molecule has 1 saturated heterocycles. The Balaban J connectivity index is 1.00. The first-order valence-electron chi connectivity index (χ1n) is 15.0. The van der Waals surface area contributed by atoms with Gasteiger partial charge in [0, 0.05) is 25.0 Å². The number of likely N-dealkylation sites (N-methyl/N-ethyl adjacent to an activating group) is 1. The van der Waals surface area contributed by atoms with Crippen molar-refractivity contribution >= 4 is 39.5 Å². The Labute approximate surface area is 254 Å². The van der Waals surface area contributed by atoms with Crippen LogP contribution in [0.5, 0.6) is 5.88 Å². The van der Waals surface area contributed by atoms with Crippen LogP contribution in [0.2, 0.25) is 0 Å². The number of aromatic nitrogens is 3. The monoisotopic (exact) mass is 613 g/mol. The molecule has 1 aliphatic carbocycles. The lowest BCUT2D eigenvalue weighted by Gasteiger charge is -2.29. The second-order valence-corrected chi connectivity index (χ2v) is 17.4. The summed E-state index contributed by atoms with van der Waals surface area (Å²) in [5.74, 6) is 3.22. The van der Waals surface area contributed by atoms with Crippen molar-refractivity contribution in [3.05, 3.63) is 28.6 Å². The van der Waals surface area contributed by atoms with Crippen molar-refractivity contribution in [1.82, 2.24) is 20.3 Å². The van der Waals surface area contributed by atoms with Gasteiger partial charge in [-0.05, 0) is 87.1 Å². The van der Waals surface area contributed by atoms with Crippen molar-refractivity contribution in [2.75, 3.05) is 92.4 Å². The molecule has 43 heavy (non-hydrogen) atoms. The van der Waals surface area contributed by atoms with E-state index in [0.717, 1.165) is 50.5 Å². The van der Waals surface area contributed by atoms with E-state index in [0.29, 0.717) is 31.3 Å². The van der Waals surface area contributed by atoms with Crippen LogP contribution in [-0.2, 0) is 33.5 Å². The number of anilines is 3. The summed E-state index contributed by atoms with van der Waals surface area (Å²) in [5, 5.41) is 3.60. The second kappa shape index (κ2) is 12.1. The molecule has 2 aromatic rings. The number of nitrogens with zero attached hydrogens (tertiary/aromatic N) is 6. The van der Waals surface area contributed by atoms with Crippen LogP contribution in [0.15, 0.2) is 6.20 Å². The molecule has 4 aliphatic rings. The molecule has 0 bridgehead atoms. The molecule has 234 valence electrons. The maximum Gasteiger partial charge on any atom is 0.415 e. The van der Waals surface area contributed by atoms with Gasteiger partial charge >= 0.3 is 6.09 Å². The maximum atomic E-state index is 12.8. The number of amides is 2. The standard InChI is InChI=1S/C30H43N7O5S/c1-19-23-12-20(13-24(23)22-7-9-35(2)27(22)33-19)14-31-8-6-21-16-36(30(39)42-21)25-15-32-29-28(34-25)37(26(38)17-41-29)18-40-10-11-43(3,4)5/h15,20-21,31H,6-14,16-18H2,1-5H3. The predicted octanol–water partition coefficient (Wildman–Crippen LogP) is 2.29. The van der Waals surface area contributed by atoms with Crippen molar-refractivity contribution in [2.24, 2.45) is 5.92 Å². The number of hydrogen-bond acceptors (Lipinski definition) is 10. The zero-order chi connectivity index (χ0) is 30.3. The zero-order valence-corrected chi connectivity index (χ0v) is 26.7. The van der Waals surface area contributed by atoms with Crippen LogP contribution in [0.3, 0.4) is 0 Å². The van der Waals surface area contributed by atoms with E-state index in [4.69, 9.17) is 19.2 Å². The van der Waals surface area contributed by atoms with Crippen LogP contribution in [0, 0.1) is 12.8 Å². The third-order valence-corrected chi connectivity index (χ3v) is 10.0. The highest BCUT2D eigenvalue weighted by Crippen LogP contribution is 2.38. The van der Waals surface area contributed by atoms with Crippen molar-refractivity contribution in [2.45, 2.75) is 38.7 Å². The molecule has 0 radical (unpaired) electrons. The summed E-state index contributed by atoms with van der Waals surface area (Å²) in [6.45, 7) is 5.70. The number of pyridine rings is 1. The summed E-state index contributed by atoms with van der Waals surface area (Å²) in [7, 11) is 1.42. The van der Waals surface area contributed by atoms with E-state index in [1.54, 1.807) is 0 Å². The normalized spacial score (nSPS) is 21.6. The fourth-order valence-electron chi connectivity index (χ4n) is 6.22. The average molecular weight is 614 g/mol. The molecule has 2 atom stereocenters. The lowest BCUT2D eigenvalue weighted by atomic mass is 10.0. The molecule has 1 fully saturated rings. The van der Waals surface area contributed by atoms with Gasteiger partial charge in [0.15, 0.2) is 12.4 Å². The van der Waals surface area contributed by atoms with Gasteiger partial charge in [0.2, 0.25) is 5.82 Å². The van der Waals surface area contributed by atoms with Gasteiger partial charge in [0.05, 0.1) is 19.3 Å². The highest BCUT2D eigenvalue weighted by Gasteiger charge is 2.36. The van der Waals surface area contributed by atoms with E-state index in [1.165, 1.54) is 38.4 Å². The Hall–Kier alpha value is -3.16. The van der Waals surface area contributed by atoms with E-state index in [9.17, 15) is 9.59 Å². The number of rotatable bonds is 11. The van der Waals surface area contributed by atoms with Gasteiger partial charge < -0.3 is 24.4 Å². The first kappa shape index (κ1) is 29.9. The molecule has 0 saturated carbocycles. The Morgan fingerprint density at radius 3 is 2.74 bits per heavy atom. The van der Waals surface area contributed by atoms with Crippen molar-refractivity contribution in [3.63, 3.8) is 0 Å². The van der Waals surface area contributed by atoms with E-state index in [-0.39, 0.29) is 37.0 Å². The largest absolute Gasteiger partial charge is 0.465 e. The number of aryl methyl sites for hydroxylation is 1. The smallest absolute Gasteiger partial charge is 0.415 e. The summed E-state index contributed by atoms with van der Waals surface area (Å²) in [6, 6.07) is 0. The molecule has 0 spiro atoms.